The molecule has 2 aliphatic heterocycles. The number of ether oxygens (including phenoxy) is 7. The number of hydrogen-bond acceptors (Lipinski definition) is 14. The maximum Gasteiger partial charge on any atom is 0.330 e. The molecule has 11 atom stereocenters. The third-order valence-corrected chi connectivity index (χ3v) is 9.08. The number of carbonyl (C=O) groups excluding carboxylic acids is 3. The summed E-state index contributed by atoms with van der Waals surface area (Å²) < 4.78 is 39.5. The molecule has 0 aromatic carbocycles. The van der Waals surface area contributed by atoms with Crippen molar-refractivity contribution in [3.63, 3.8) is 0 Å². The number of hydrogen-bond donors (Lipinski definition) is 4. The molecule has 52 heavy (non-hydrogen) atoms. The van der Waals surface area contributed by atoms with E-state index in [0.717, 1.165) is 51.4 Å². The Kier molecular flexibility index (Phi) is 22.5. The second-order valence-electron chi connectivity index (χ2n) is 13.3. The molecule has 2 aliphatic rings. The number of aliphatic hydroxyl groups excluding tert-OH is 4. The Morgan fingerprint density at radius 2 is 1.19 bits per heavy atom. The van der Waals surface area contributed by atoms with Gasteiger partial charge in [0.25, 0.3) is 0 Å². The van der Waals surface area contributed by atoms with Crippen molar-refractivity contribution in [2.75, 3.05) is 13.2 Å². The summed E-state index contributed by atoms with van der Waals surface area (Å²) in [5.41, 5.74) is 0. The Balaban J connectivity index is 1.90. The molecule has 0 bridgehead atoms. The highest BCUT2D eigenvalue weighted by molar-refractivity contribution is 5.82. The number of unbranched alkanes of at least 4 members (excludes halogenated alkanes) is 7. The molecule has 300 valence electrons. The van der Waals surface area contributed by atoms with Crippen molar-refractivity contribution in [1.29, 1.82) is 0 Å². The monoisotopic (exact) mass is 744 g/mol. The van der Waals surface area contributed by atoms with E-state index in [0.29, 0.717) is 38.9 Å². The molecule has 0 amide bonds. The maximum absolute atomic E-state index is 12.7. The van der Waals surface area contributed by atoms with Crippen molar-refractivity contribution in [3.05, 3.63) is 24.3 Å². The molecule has 0 radical (unpaired) electrons. The lowest BCUT2D eigenvalue weighted by molar-refractivity contribution is -0.368. The van der Waals surface area contributed by atoms with Gasteiger partial charge in [-0.25, -0.2) is 9.59 Å². The summed E-state index contributed by atoms with van der Waals surface area (Å²) >= 11 is 0. The molecule has 0 spiro atoms. The van der Waals surface area contributed by atoms with E-state index < -0.39 is 67.4 Å². The quantitative estimate of drug-likeness (QED) is 0.0480. The molecule has 0 aromatic heterocycles. The highest BCUT2D eigenvalue weighted by Crippen LogP contribution is 2.33. The van der Waals surface area contributed by atoms with Crippen LogP contribution in [0.15, 0.2) is 24.3 Å². The van der Waals surface area contributed by atoms with E-state index in [9.17, 15) is 34.8 Å². The Bertz CT molecular complexity index is 1080. The van der Waals surface area contributed by atoms with Crippen LogP contribution in [0.5, 0.6) is 0 Å². The number of carbonyl (C=O) groups is 3. The Hall–Kier alpha value is -2.43. The van der Waals surface area contributed by atoms with Crippen LogP contribution in [0.4, 0.5) is 0 Å². The summed E-state index contributed by atoms with van der Waals surface area (Å²) in [5, 5.41) is 44.0. The topological polar surface area (TPSA) is 197 Å². The van der Waals surface area contributed by atoms with Gasteiger partial charge in [-0.2, -0.15) is 0 Å². The second kappa shape index (κ2) is 25.6. The van der Waals surface area contributed by atoms with Gasteiger partial charge in [0.2, 0.25) is 0 Å². The maximum atomic E-state index is 12.7. The second-order valence-corrected chi connectivity index (χ2v) is 13.3. The summed E-state index contributed by atoms with van der Waals surface area (Å²) in [7, 11) is 0. The van der Waals surface area contributed by atoms with Crippen molar-refractivity contribution < 1.29 is 68.0 Å². The van der Waals surface area contributed by atoms with Gasteiger partial charge in [-0.3, -0.25) is 4.79 Å². The van der Waals surface area contributed by atoms with E-state index >= 15 is 0 Å². The molecular weight excluding hydrogens is 680 g/mol. The lowest BCUT2D eigenvalue weighted by Crippen LogP contribution is -2.64. The molecule has 14 nitrogen and oxygen atoms in total. The van der Waals surface area contributed by atoms with Crippen LogP contribution in [-0.4, -0.2) is 119 Å². The van der Waals surface area contributed by atoms with Crippen LogP contribution in [0.2, 0.25) is 0 Å². The fraction of sp³-hybridized carbons (Fsp3) is 0.816. The van der Waals surface area contributed by atoms with Crippen LogP contribution in [0.25, 0.3) is 0 Å². The van der Waals surface area contributed by atoms with E-state index in [1.54, 1.807) is 32.9 Å². The predicted octanol–water partition coefficient (Wildman–Crippen LogP) is 3.93. The molecule has 2 rings (SSSR count). The van der Waals surface area contributed by atoms with Crippen LogP contribution in [0.3, 0.4) is 0 Å². The van der Waals surface area contributed by atoms with Crippen LogP contribution in [0.1, 0.15) is 118 Å². The van der Waals surface area contributed by atoms with Crippen molar-refractivity contribution in [2.24, 2.45) is 0 Å². The standard InChI is InChI=1S/C38H64O14/c1-6-26-31(42)32(43)36(38(49-26)48-25(5)21-17-13-12-16-19-23-29(40)47-9-4)52-37-34(45)33(44)35(27(7-2)50-37)51-30(41)24-20-15-11-10-14-18-22-28(39)46-8-3/h18-19,22-23,25-27,31-38,42-45H,6-17,20-21,24H2,1-5H3/b22-18+,23-19+. The van der Waals surface area contributed by atoms with E-state index in [1.807, 2.05) is 13.8 Å². The highest BCUT2D eigenvalue weighted by Gasteiger charge is 2.51. The van der Waals surface area contributed by atoms with Crippen LogP contribution < -0.4 is 0 Å². The molecule has 0 saturated carbocycles. The molecular formula is C38H64O14. The largest absolute Gasteiger partial charge is 0.463 e. The zero-order chi connectivity index (χ0) is 38.5. The van der Waals surface area contributed by atoms with E-state index in [4.69, 9.17) is 33.2 Å². The molecule has 2 saturated heterocycles. The third-order valence-electron chi connectivity index (χ3n) is 9.08. The summed E-state index contributed by atoms with van der Waals surface area (Å²) in [6.07, 6.45) is 2.33. The smallest absolute Gasteiger partial charge is 0.330 e. The van der Waals surface area contributed by atoms with Crippen molar-refractivity contribution in [1.82, 2.24) is 0 Å². The predicted molar refractivity (Wildman–Crippen MR) is 190 cm³/mol. The van der Waals surface area contributed by atoms with Gasteiger partial charge in [-0.15, -0.1) is 0 Å². The minimum atomic E-state index is -1.65. The Morgan fingerprint density at radius 1 is 0.654 bits per heavy atom. The van der Waals surface area contributed by atoms with Gasteiger partial charge in [0, 0.05) is 18.6 Å². The first kappa shape index (κ1) is 45.7. The van der Waals surface area contributed by atoms with Crippen molar-refractivity contribution in [2.45, 2.75) is 186 Å². The van der Waals surface area contributed by atoms with Gasteiger partial charge >= 0.3 is 17.9 Å². The average molecular weight is 745 g/mol. The zero-order valence-electron chi connectivity index (χ0n) is 31.6. The SMILES string of the molecule is CCOC(=O)/C=C/CCCCCCC(=O)OC1C(CC)OC(OC2C(OC(C)CCCCC/C=C/C(=O)OCC)OC(CC)C(O)C2O)C(O)C1O. The van der Waals surface area contributed by atoms with Gasteiger partial charge in [0.15, 0.2) is 18.7 Å². The molecule has 0 aromatic rings. The van der Waals surface area contributed by atoms with Crippen LogP contribution >= 0.6 is 0 Å². The van der Waals surface area contributed by atoms with Gasteiger partial charge in [0.05, 0.1) is 25.4 Å². The lowest BCUT2D eigenvalue weighted by atomic mass is 9.95. The number of esters is 3. The lowest BCUT2D eigenvalue weighted by Gasteiger charge is -2.47. The van der Waals surface area contributed by atoms with Crippen LogP contribution in [-0.2, 0) is 47.5 Å². The van der Waals surface area contributed by atoms with Gasteiger partial charge < -0.3 is 53.6 Å². The van der Waals surface area contributed by atoms with Gasteiger partial charge in [-0.05, 0) is 72.1 Å². The van der Waals surface area contributed by atoms with Crippen LogP contribution in [0, 0.1) is 0 Å². The fourth-order valence-corrected chi connectivity index (χ4v) is 6.15. The molecule has 4 N–H and O–H groups in total. The first-order chi connectivity index (χ1) is 25.0. The Labute approximate surface area is 308 Å². The molecule has 2 heterocycles. The van der Waals surface area contributed by atoms with Crippen molar-refractivity contribution >= 4 is 17.9 Å². The fourth-order valence-electron chi connectivity index (χ4n) is 6.15. The van der Waals surface area contributed by atoms with E-state index in [1.165, 1.54) is 12.2 Å². The van der Waals surface area contributed by atoms with Crippen molar-refractivity contribution in [3.8, 4) is 0 Å². The first-order valence-corrected chi connectivity index (χ1v) is 19.2. The minimum absolute atomic E-state index is 0.125. The number of allylic oxidation sites excluding steroid dienone is 2. The number of rotatable bonds is 24. The molecule has 14 heteroatoms. The average Bonchev–Trinajstić information content (AvgIpc) is 3.11. The first-order valence-electron chi connectivity index (χ1n) is 19.2. The zero-order valence-corrected chi connectivity index (χ0v) is 31.6. The van der Waals surface area contributed by atoms with Gasteiger partial charge in [0.1, 0.15) is 36.6 Å². The summed E-state index contributed by atoms with van der Waals surface area (Å²) in [4.78, 5) is 35.4. The molecule has 0 aliphatic carbocycles. The minimum Gasteiger partial charge on any atom is -0.463 e. The Morgan fingerprint density at radius 3 is 1.77 bits per heavy atom. The van der Waals surface area contributed by atoms with E-state index in [2.05, 4.69) is 0 Å². The summed E-state index contributed by atoms with van der Waals surface area (Å²) in [6, 6.07) is 0. The number of aliphatic hydroxyl groups is 4. The summed E-state index contributed by atoms with van der Waals surface area (Å²) in [6.45, 7) is 9.63. The highest BCUT2D eigenvalue weighted by atomic mass is 16.8. The molecule has 2 fully saturated rings. The third kappa shape index (κ3) is 15.9. The molecule has 11 unspecified atom stereocenters. The summed E-state index contributed by atoms with van der Waals surface area (Å²) in [5.74, 6) is -1.24. The van der Waals surface area contributed by atoms with Gasteiger partial charge in [-0.1, -0.05) is 51.7 Å². The van der Waals surface area contributed by atoms with E-state index in [-0.39, 0.29) is 24.5 Å². The normalized spacial score (nSPS) is 30.0.